The molecule has 0 fully saturated rings. The van der Waals surface area contributed by atoms with Crippen molar-refractivity contribution in [3.05, 3.63) is 51.9 Å². The van der Waals surface area contributed by atoms with Crippen molar-refractivity contribution in [2.75, 3.05) is 5.88 Å². The molecule has 0 atom stereocenters. The van der Waals surface area contributed by atoms with E-state index in [2.05, 4.69) is 56.7 Å². The number of halogens is 2. The number of fused-ring (bicyclic) bond motifs is 1. The van der Waals surface area contributed by atoms with E-state index in [1.165, 1.54) is 5.56 Å². The van der Waals surface area contributed by atoms with Gasteiger partial charge in [-0.2, -0.15) is 0 Å². The third-order valence-electron chi connectivity index (χ3n) is 3.31. The molecule has 3 rings (SSSR count). The number of imidazole rings is 1. The molecule has 0 spiro atoms. The monoisotopic (exact) mass is 363 g/mol. The summed E-state index contributed by atoms with van der Waals surface area (Å²) in [5.41, 5.74) is 5.13. The van der Waals surface area contributed by atoms with Crippen molar-refractivity contribution in [3.8, 4) is 5.69 Å². The molecule has 5 heteroatoms. The number of hydrogen-bond donors (Lipinski definition) is 0. The Labute approximate surface area is 137 Å². The van der Waals surface area contributed by atoms with Crippen LogP contribution in [0.4, 0.5) is 0 Å². The first-order valence-corrected chi connectivity index (χ1v) is 8.09. The molecule has 1 aromatic carbocycles. The van der Waals surface area contributed by atoms with Gasteiger partial charge < -0.3 is 0 Å². The molecular formula is C16H15BrClN3. The topological polar surface area (TPSA) is 30.7 Å². The van der Waals surface area contributed by atoms with Gasteiger partial charge in [-0.15, -0.1) is 11.6 Å². The average molecular weight is 365 g/mol. The first-order valence-electron chi connectivity index (χ1n) is 6.76. The number of hydrogen-bond acceptors (Lipinski definition) is 2. The van der Waals surface area contributed by atoms with Crippen LogP contribution in [-0.4, -0.2) is 20.4 Å². The Morgan fingerprint density at radius 2 is 1.95 bits per heavy atom. The summed E-state index contributed by atoms with van der Waals surface area (Å²) in [6, 6.07) is 8.35. The Morgan fingerprint density at radius 3 is 2.67 bits per heavy atom. The van der Waals surface area contributed by atoms with Crippen LogP contribution in [0.2, 0.25) is 0 Å². The molecule has 0 unspecified atom stereocenters. The van der Waals surface area contributed by atoms with E-state index in [0.717, 1.165) is 32.7 Å². The summed E-state index contributed by atoms with van der Waals surface area (Å²) in [5.74, 6) is 1.48. The summed E-state index contributed by atoms with van der Waals surface area (Å²) in [6.45, 7) is 4.10. The molecule has 3 nitrogen and oxygen atoms in total. The molecule has 0 N–H and O–H groups in total. The highest BCUT2D eigenvalue weighted by Gasteiger charge is 2.14. The van der Waals surface area contributed by atoms with Gasteiger partial charge in [-0.25, -0.2) is 9.97 Å². The summed E-state index contributed by atoms with van der Waals surface area (Å²) in [7, 11) is 0. The average Bonchev–Trinajstić information content (AvgIpc) is 2.75. The third kappa shape index (κ3) is 2.83. The van der Waals surface area contributed by atoms with Crippen LogP contribution in [0.5, 0.6) is 0 Å². The maximum atomic E-state index is 5.93. The van der Waals surface area contributed by atoms with E-state index in [1.54, 1.807) is 0 Å². The Bertz CT molecular complexity index is 790. The smallest absolute Gasteiger partial charge is 0.164 e. The minimum Gasteiger partial charge on any atom is -0.281 e. The Hall–Kier alpha value is -1.39. The zero-order chi connectivity index (χ0) is 15.0. The molecule has 3 aromatic rings. The van der Waals surface area contributed by atoms with Gasteiger partial charge in [0.15, 0.2) is 5.65 Å². The van der Waals surface area contributed by atoms with E-state index in [9.17, 15) is 0 Å². The van der Waals surface area contributed by atoms with Gasteiger partial charge in [0.25, 0.3) is 0 Å². The lowest BCUT2D eigenvalue weighted by Crippen LogP contribution is -2.03. The Kier molecular flexibility index (Phi) is 4.00. The first kappa shape index (κ1) is 14.5. The normalized spacial score (nSPS) is 11.2. The molecule has 0 aliphatic rings. The van der Waals surface area contributed by atoms with Crippen LogP contribution in [-0.2, 0) is 6.42 Å². The lowest BCUT2D eigenvalue weighted by atomic mass is 10.2. The van der Waals surface area contributed by atoms with Gasteiger partial charge >= 0.3 is 0 Å². The molecule has 0 aliphatic heterocycles. The fourth-order valence-corrected chi connectivity index (χ4v) is 3.25. The second-order valence-corrected chi connectivity index (χ2v) is 6.44. The van der Waals surface area contributed by atoms with Crippen molar-refractivity contribution in [3.63, 3.8) is 0 Å². The van der Waals surface area contributed by atoms with Gasteiger partial charge in [0.2, 0.25) is 0 Å². The van der Waals surface area contributed by atoms with E-state index < -0.39 is 0 Å². The molecule has 108 valence electrons. The molecule has 0 aliphatic carbocycles. The Morgan fingerprint density at radius 1 is 1.14 bits per heavy atom. The summed E-state index contributed by atoms with van der Waals surface area (Å²) in [6.07, 6.45) is 2.58. The summed E-state index contributed by atoms with van der Waals surface area (Å²) >= 11 is 9.49. The number of nitrogens with zero attached hydrogens (tertiary/aromatic N) is 3. The van der Waals surface area contributed by atoms with Gasteiger partial charge in [-0.3, -0.25) is 4.57 Å². The number of benzene rings is 1. The highest BCUT2D eigenvalue weighted by molar-refractivity contribution is 9.10. The number of aromatic nitrogens is 3. The predicted octanol–water partition coefficient (Wildman–Crippen LogP) is 4.58. The van der Waals surface area contributed by atoms with Crippen molar-refractivity contribution < 1.29 is 0 Å². The molecule has 0 radical (unpaired) electrons. The minimum atomic E-state index is 0.537. The van der Waals surface area contributed by atoms with Crippen LogP contribution in [0, 0.1) is 13.8 Å². The zero-order valence-electron chi connectivity index (χ0n) is 11.9. The fourth-order valence-electron chi connectivity index (χ4n) is 2.48. The summed E-state index contributed by atoms with van der Waals surface area (Å²) in [4.78, 5) is 9.26. The molecule has 0 amide bonds. The quantitative estimate of drug-likeness (QED) is 0.637. The molecular weight excluding hydrogens is 350 g/mol. The number of aryl methyl sites for hydroxylation is 3. The van der Waals surface area contributed by atoms with Gasteiger partial charge in [0.05, 0.1) is 5.69 Å². The number of rotatable bonds is 3. The second-order valence-electron chi connectivity index (χ2n) is 5.14. The van der Waals surface area contributed by atoms with Crippen LogP contribution >= 0.6 is 27.5 Å². The molecule has 0 saturated heterocycles. The van der Waals surface area contributed by atoms with Gasteiger partial charge in [0.1, 0.15) is 11.3 Å². The van der Waals surface area contributed by atoms with Crippen LogP contribution in [0.3, 0.4) is 0 Å². The maximum absolute atomic E-state index is 5.93. The lowest BCUT2D eigenvalue weighted by molar-refractivity contribution is 0.904. The van der Waals surface area contributed by atoms with Crippen molar-refractivity contribution in [2.24, 2.45) is 0 Å². The van der Waals surface area contributed by atoms with E-state index in [4.69, 9.17) is 16.6 Å². The van der Waals surface area contributed by atoms with Crippen LogP contribution < -0.4 is 0 Å². The van der Waals surface area contributed by atoms with E-state index >= 15 is 0 Å². The molecule has 2 aromatic heterocycles. The van der Waals surface area contributed by atoms with Crippen molar-refractivity contribution in [1.82, 2.24) is 14.5 Å². The summed E-state index contributed by atoms with van der Waals surface area (Å²) < 4.78 is 3.14. The highest BCUT2D eigenvalue weighted by Crippen LogP contribution is 2.25. The molecule has 21 heavy (non-hydrogen) atoms. The number of pyridine rings is 1. The zero-order valence-corrected chi connectivity index (χ0v) is 14.2. The van der Waals surface area contributed by atoms with E-state index in [-0.39, 0.29) is 0 Å². The molecule has 0 bridgehead atoms. The molecule has 2 heterocycles. The maximum Gasteiger partial charge on any atom is 0.164 e. The van der Waals surface area contributed by atoms with Crippen LogP contribution in [0.25, 0.3) is 16.9 Å². The van der Waals surface area contributed by atoms with Gasteiger partial charge in [0, 0.05) is 23.0 Å². The van der Waals surface area contributed by atoms with Gasteiger partial charge in [-0.1, -0.05) is 15.9 Å². The highest BCUT2D eigenvalue weighted by atomic mass is 79.9. The largest absolute Gasteiger partial charge is 0.281 e. The van der Waals surface area contributed by atoms with Crippen molar-refractivity contribution >= 4 is 38.7 Å². The fraction of sp³-hybridized carbons (Fsp3) is 0.250. The molecule has 0 saturated carbocycles. The van der Waals surface area contributed by atoms with E-state index in [0.29, 0.717) is 12.3 Å². The minimum absolute atomic E-state index is 0.537. The SMILES string of the molecule is Cc1cc(Br)cc(-n2c(CCCl)nc3cc(C)cnc32)c1. The van der Waals surface area contributed by atoms with Crippen molar-refractivity contribution in [1.29, 1.82) is 0 Å². The first-order chi connectivity index (χ1) is 10.1. The Balaban J connectivity index is 2.30. The van der Waals surface area contributed by atoms with E-state index in [1.807, 2.05) is 13.1 Å². The predicted molar refractivity (Wildman–Crippen MR) is 90.5 cm³/mol. The van der Waals surface area contributed by atoms with Crippen molar-refractivity contribution in [2.45, 2.75) is 20.3 Å². The summed E-state index contributed by atoms with van der Waals surface area (Å²) in [5, 5.41) is 0. The second kappa shape index (κ2) is 5.78. The van der Waals surface area contributed by atoms with Gasteiger partial charge in [-0.05, 0) is 49.2 Å². The van der Waals surface area contributed by atoms with Crippen LogP contribution in [0.1, 0.15) is 17.0 Å². The number of alkyl halides is 1. The standard InChI is InChI=1S/C16H15BrClN3/c1-10-5-12(17)8-13(6-10)21-15(3-4-18)20-14-7-11(2)9-19-16(14)21/h5-9H,3-4H2,1-2H3. The lowest BCUT2D eigenvalue weighted by Gasteiger charge is -2.09. The van der Waals surface area contributed by atoms with Crippen LogP contribution in [0.15, 0.2) is 34.9 Å². The third-order valence-corrected chi connectivity index (χ3v) is 3.95.